The normalized spacial score (nSPS) is 17.9. The standard InChI is InChI=1S/C18H27FN2O.ClH/c1-13(15-9-5-6-10-16(15)19)11-18(22)21-17(12-20)14-7-3-2-4-8-14;/h5-6,9-10,13-14,17H,2-4,7-8,11-12,20H2,1H3,(H,21,22);1H. The van der Waals surface area contributed by atoms with Gasteiger partial charge in [0.25, 0.3) is 0 Å². The van der Waals surface area contributed by atoms with Crippen LogP contribution in [0.4, 0.5) is 4.39 Å². The third-order valence-corrected chi connectivity index (χ3v) is 4.75. The van der Waals surface area contributed by atoms with Gasteiger partial charge in [-0.25, -0.2) is 4.39 Å². The van der Waals surface area contributed by atoms with E-state index in [-0.39, 0.29) is 36.1 Å². The molecular formula is C18H28ClFN2O. The maximum absolute atomic E-state index is 13.8. The highest BCUT2D eigenvalue weighted by molar-refractivity contribution is 5.85. The Bertz CT molecular complexity index is 492. The molecule has 23 heavy (non-hydrogen) atoms. The molecule has 3 nitrogen and oxygen atoms in total. The average Bonchev–Trinajstić information content (AvgIpc) is 2.53. The predicted octanol–water partition coefficient (Wildman–Crippen LogP) is 3.76. The molecule has 1 amide bonds. The summed E-state index contributed by atoms with van der Waals surface area (Å²) in [5, 5.41) is 3.07. The Balaban J connectivity index is 0.00000264. The van der Waals surface area contributed by atoms with Crippen molar-refractivity contribution in [1.82, 2.24) is 5.32 Å². The van der Waals surface area contributed by atoms with Crippen LogP contribution in [0, 0.1) is 11.7 Å². The van der Waals surface area contributed by atoms with Gasteiger partial charge in [-0.1, -0.05) is 44.4 Å². The van der Waals surface area contributed by atoms with E-state index in [1.54, 1.807) is 18.2 Å². The zero-order valence-electron chi connectivity index (χ0n) is 13.8. The number of halogens is 2. The van der Waals surface area contributed by atoms with Gasteiger partial charge in [0.05, 0.1) is 0 Å². The third kappa shape index (κ3) is 5.78. The van der Waals surface area contributed by atoms with E-state index in [0.29, 0.717) is 24.4 Å². The lowest BCUT2D eigenvalue weighted by atomic mass is 9.83. The lowest BCUT2D eigenvalue weighted by Crippen LogP contribution is -2.46. The molecule has 1 aliphatic rings. The van der Waals surface area contributed by atoms with Crippen molar-refractivity contribution in [1.29, 1.82) is 0 Å². The first kappa shape index (κ1) is 19.9. The average molecular weight is 343 g/mol. The van der Waals surface area contributed by atoms with E-state index < -0.39 is 0 Å². The van der Waals surface area contributed by atoms with E-state index in [1.807, 2.05) is 6.92 Å². The summed E-state index contributed by atoms with van der Waals surface area (Å²) in [5.74, 6) is 0.0830. The second-order valence-corrected chi connectivity index (χ2v) is 6.43. The minimum Gasteiger partial charge on any atom is -0.352 e. The van der Waals surface area contributed by atoms with Gasteiger partial charge < -0.3 is 11.1 Å². The number of benzene rings is 1. The third-order valence-electron chi connectivity index (χ3n) is 4.75. The smallest absolute Gasteiger partial charge is 0.220 e. The van der Waals surface area contributed by atoms with Crippen molar-refractivity contribution in [3.8, 4) is 0 Å². The van der Waals surface area contributed by atoms with Crippen molar-refractivity contribution in [2.75, 3.05) is 6.54 Å². The van der Waals surface area contributed by atoms with E-state index in [2.05, 4.69) is 5.32 Å². The summed E-state index contributed by atoms with van der Waals surface area (Å²) < 4.78 is 13.8. The van der Waals surface area contributed by atoms with Crippen molar-refractivity contribution >= 4 is 18.3 Å². The Kier molecular flexibility index (Phi) is 8.56. The van der Waals surface area contributed by atoms with Crippen LogP contribution in [0.3, 0.4) is 0 Å². The summed E-state index contributed by atoms with van der Waals surface area (Å²) in [5.41, 5.74) is 6.44. The Morgan fingerprint density at radius 1 is 1.30 bits per heavy atom. The summed E-state index contributed by atoms with van der Waals surface area (Å²) >= 11 is 0. The van der Waals surface area contributed by atoms with Gasteiger partial charge >= 0.3 is 0 Å². The fraction of sp³-hybridized carbons (Fsp3) is 0.611. The molecule has 3 N–H and O–H groups in total. The van der Waals surface area contributed by atoms with E-state index in [0.717, 1.165) is 12.8 Å². The number of amides is 1. The van der Waals surface area contributed by atoms with Crippen LogP contribution in [0.2, 0.25) is 0 Å². The van der Waals surface area contributed by atoms with Gasteiger partial charge in [-0.15, -0.1) is 12.4 Å². The number of rotatable bonds is 6. The van der Waals surface area contributed by atoms with E-state index in [4.69, 9.17) is 5.73 Å². The van der Waals surface area contributed by atoms with Crippen LogP contribution in [0.25, 0.3) is 0 Å². The fourth-order valence-electron chi connectivity index (χ4n) is 3.43. The van der Waals surface area contributed by atoms with Gasteiger partial charge in [0.15, 0.2) is 0 Å². The molecule has 2 atom stereocenters. The minimum absolute atomic E-state index is 0. The van der Waals surface area contributed by atoms with Crippen LogP contribution < -0.4 is 11.1 Å². The topological polar surface area (TPSA) is 55.1 Å². The number of nitrogens with one attached hydrogen (secondary N) is 1. The zero-order valence-corrected chi connectivity index (χ0v) is 14.6. The van der Waals surface area contributed by atoms with Crippen molar-refractivity contribution in [3.63, 3.8) is 0 Å². The molecule has 0 saturated heterocycles. The van der Waals surface area contributed by atoms with Crippen LogP contribution >= 0.6 is 12.4 Å². The van der Waals surface area contributed by atoms with Crippen molar-refractivity contribution < 1.29 is 9.18 Å². The number of hydrogen-bond acceptors (Lipinski definition) is 2. The molecule has 2 unspecified atom stereocenters. The largest absolute Gasteiger partial charge is 0.352 e. The molecular weight excluding hydrogens is 315 g/mol. The molecule has 1 aromatic carbocycles. The van der Waals surface area contributed by atoms with Gasteiger partial charge in [-0.05, 0) is 36.3 Å². The highest BCUT2D eigenvalue weighted by Crippen LogP contribution is 2.27. The maximum Gasteiger partial charge on any atom is 0.220 e. The summed E-state index contributed by atoms with van der Waals surface area (Å²) in [6.45, 7) is 2.36. The van der Waals surface area contributed by atoms with Gasteiger partial charge in [0.2, 0.25) is 5.91 Å². The van der Waals surface area contributed by atoms with Gasteiger partial charge in [0, 0.05) is 19.0 Å². The molecule has 0 aromatic heterocycles. The molecule has 130 valence electrons. The van der Waals surface area contributed by atoms with Crippen LogP contribution in [-0.4, -0.2) is 18.5 Å². The van der Waals surface area contributed by atoms with Gasteiger partial charge in [-0.3, -0.25) is 4.79 Å². The molecule has 1 saturated carbocycles. The first-order chi connectivity index (χ1) is 10.6. The van der Waals surface area contributed by atoms with Crippen LogP contribution in [-0.2, 0) is 4.79 Å². The molecule has 5 heteroatoms. The number of nitrogens with two attached hydrogens (primary N) is 1. The Hall–Kier alpha value is -1.13. The Morgan fingerprint density at radius 2 is 1.96 bits per heavy atom. The molecule has 0 bridgehead atoms. The molecule has 0 radical (unpaired) electrons. The molecule has 2 rings (SSSR count). The number of hydrogen-bond donors (Lipinski definition) is 2. The molecule has 1 aromatic rings. The molecule has 0 aliphatic heterocycles. The molecule has 0 spiro atoms. The van der Waals surface area contributed by atoms with Crippen molar-refractivity contribution in [2.45, 2.75) is 57.4 Å². The van der Waals surface area contributed by atoms with Gasteiger partial charge in [-0.2, -0.15) is 0 Å². The second-order valence-electron chi connectivity index (χ2n) is 6.43. The van der Waals surface area contributed by atoms with Crippen molar-refractivity contribution in [3.05, 3.63) is 35.6 Å². The van der Waals surface area contributed by atoms with Crippen LogP contribution in [0.15, 0.2) is 24.3 Å². The quantitative estimate of drug-likeness (QED) is 0.826. The summed E-state index contributed by atoms with van der Waals surface area (Å²) in [6.07, 6.45) is 6.32. The monoisotopic (exact) mass is 342 g/mol. The summed E-state index contributed by atoms with van der Waals surface area (Å²) in [6, 6.07) is 6.71. The first-order valence-corrected chi connectivity index (χ1v) is 8.35. The molecule has 1 aliphatic carbocycles. The van der Waals surface area contributed by atoms with Crippen molar-refractivity contribution in [2.24, 2.45) is 11.7 Å². The van der Waals surface area contributed by atoms with E-state index in [1.165, 1.54) is 25.3 Å². The number of carbonyl (C=O) groups is 1. The van der Waals surface area contributed by atoms with Gasteiger partial charge in [0.1, 0.15) is 5.82 Å². The zero-order chi connectivity index (χ0) is 15.9. The van der Waals surface area contributed by atoms with E-state index in [9.17, 15) is 9.18 Å². The second kappa shape index (κ2) is 9.89. The highest BCUT2D eigenvalue weighted by Gasteiger charge is 2.24. The predicted molar refractivity (Wildman–Crippen MR) is 94.2 cm³/mol. The van der Waals surface area contributed by atoms with E-state index >= 15 is 0 Å². The lowest BCUT2D eigenvalue weighted by Gasteiger charge is -2.30. The number of carbonyl (C=O) groups excluding carboxylic acids is 1. The molecule has 0 heterocycles. The molecule has 1 fully saturated rings. The maximum atomic E-state index is 13.8. The first-order valence-electron chi connectivity index (χ1n) is 8.35. The minimum atomic E-state index is -0.245. The Morgan fingerprint density at radius 3 is 2.57 bits per heavy atom. The SMILES string of the molecule is CC(CC(=O)NC(CN)C1CCCCC1)c1ccccc1F.Cl. The summed E-state index contributed by atoms with van der Waals surface area (Å²) in [7, 11) is 0. The fourth-order valence-corrected chi connectivity index (χ4v) is 3.43. The Labute approximate surface area is 144 Å². The lowest BCUT2D eigenvalue weighted by molar-refractivity contribution is -0.122. The van der Waals surface area contributed by atoms with Crippen LogP contribution in [0.1, 0.15) is 56.9 Å². The summed E-state index contributed by atoms with van der Waals surface area (Å²) in [4.78, 5) is 12.3. The van der Waals surface area contributed by atoms with Crippen LogP contribution in [0.5, 0.6) is 0 Å². The highest BCUT2D eigenvalue weighted by atomic mass is 35.5.